The van der Waals surface area contributed by atoms with Crippen LogP contribution in [-0.4, -0.2) is 69.5 Å². The molecule has 8 heteroatoms. The van der Waals surface area contributed by atoms with Crippen LogP contribution in [0.15, 0.2) is 23.1 Å². The molecule has 0 bridgehead atoms. The summed E-state index contributed by atoms with van der Waals surface area (Å²) in [6.45, 7) is 11.7. The Kier molecular flexibility index (Phi) is 7.02. The van der Waals surface area contributed by atoms with Crippen LogP contribution in [0.1, 0.15) is 38.1 Å². The Morgan fingerprint density at radius 3 is 2.38 bits per heavy atom. The van der Waals surface area contributed by atoms with Gasteiger partial charge >= 0.3 is 0 Å². The van der Waals surface area contributed by atoms with Crippen LogP contribution in [0.5, 0.6) is 5.75 Å². The molecule has 1 heterocycles. The predicted molar refractivity (Wildman–Crippen MR) is 101 cm³/mol. The van der Waals surface area contributed by atoms with Crippen molar-refractivity contribution in [1.29, 1.82) is 0 Å². The van der Waals surface area contributed by atoms with Gasteiger partial charge in [0.05, 0.1) is 6.61 Å². The second-order valence-corrected chi connectivity index (χ2v) is 8.28. The molecule has 0 spiro atoms. The lowest BCUT2D eigenvalue weighted by Gasteiger charge is -2.34. The summed E-state index contributed by atoms with van der Waals surface area (Å²) in [5.41, 5.74) is 0.363. The average Bonchev–Trinajstić information content (AvgIpc) is 2.60. The number of benzene rings is 1. The summed E-state index contributed by atoms with van der Waals surface area (Å²) in [6.07, 6.45) is 0. The molecule has 0 aliphatic carbocycles. The summed E-state index contributed by atoms with van der Waals surface area (Å²) in [4.78, 5) is 16.9. The van der Waals surface area contributed by atoms with Crippen LogP contribution in [0, 0.1) is 0 Å². The third kappa shape index (κ3) is 4.96. The van der Waals surface area contributed by atoms with Gasteiger partial charge in [0.15, 0.2) is 0 Å². The zero-order valence-corrected chi connectivity index (χ0v) is 16.8. The van der Waals surface area contributed by atoms with E-state index in [1.807, 2.05) is 0 Å². The quantitative estimate of drug-likeness (QED) is 0.773. The first-order valence-corrected chi connectivity index (χ1v) is 10.6. The lowest BCUT2D eigenvalue weighted by molar-refractivity contribution is 0.0643. The van der Waals surface area contributed by atoms with Gasteiger partial charge in [-0.3, -0.25) is 4.79 Å². The number of rotatable bonds is 7. The van der Waals surface area contributed by atoms with E-state index in [0.29, 0.717) is 25.3 Å². The van der Waals surface area contributed by atoms with Crippen LogP contribution in [0.4, 0.5) is 0 Å². The summed E-state index contributed by atoms with van der Waals surface area (Å²) < 4.78 is 33.3. The van der Waals surface area contributed by atoms with Crippen LogP contribution in [0.3, 0.4) is 0 Å². The zero-order valence-electron chi connectivity index (χ0n) is 16.0. The number of hydrogen-bond acceptors (Lipinski definition) is 5. The minimum absolute atomic E-state index is 0.00564. The zero-order chi connectivity index (χ0) is 19.3. The maximum Gasteiger partial charge on any atom is 0.253 e. The highest BCUT2D eigenvalue weighted by Crippen LogP contribution is 2.26. The Hall–Kier alpha value is -1.64. The second-order valence-electron chi connectivity index (χ2n) is 6.60. The fourth-order valence-corrected chi connectivity index (χ4v) is 4.37. The summed E-state index contributed by atoms with van der Waals surface area (Å²) in [5, 5.41) is 0. The van der Waals surface area contributed by atoms with Crippen LogP contribution in [0.2, 0.25) is 0 Å². The number of piperazine rings is 1. The van der Waals surface area contributed by atoms with Crippen LogP contribution < -0.4 is 9.46 Å². The molecule has 0 atom stereocenters. The number of carbonyl (C=O) groups is 1. The Morgan fingerprint density at radius 2 is 1.85 bits per heavy atom. The fourth-order valence-electron chi connectivity index (χ4n) is 2.95. The lowest BCUT2D eigenvalue weighted by atomic mass is 10.1. The molecule has 1 aromatic rings. The van der Waals surface area contributed by atoms with E-state index >= 15 is 0 Å². The molecule has 146 valence electrons. The van der Waals surface area contributed by atoms with Crippen molar-refractivity contribution < 1.29 is 17.9 Å². The molecule has 1 fully saturated rings. The first-order chi connectivity index (χ1) is 12.3. The van der Waals surface area contributed by atoms with Crippen molar-refractivity contribution in [3.05, 3.63) is 23.8 Å². The number of sulfonamides is 1. The number of nitrogens with zero attached hydrogens (tertiary/aromatic N) is 2. The van der Waals surface area contributed by atoms with E-state index in [1.54, 1.807) is 37.8 Å². The van der Waals surface area contributed by atoms with Crippen molar-refractivity contribution in [3.8, 4) is 5.75 Å². The van der Waals surface area contributed by atoms with E-state index in [2.05, 4.69) is 16.5 Å². The van der Waals surface area contributed by atoms with Gasteiger partial charge in [0.25, 0.3) is 5.91 Å². The molecule has 0 aromatic heterocycles. The van der Waals surface area contributed by atoms with Gasteiger partial charge in [-0.25, -0.2) is 13.1 Å². The molecule has 1 aliphatic rings. The van der Waals surface area contributed by atoms with Gasteiger partial charge in [0.2, 0.25) is 10.0 Å². The molecule has 1 aromatic carbocycles. The topological polar surface area (TPSA) is 79.0 Å². The molecule has 1 saturated heterocycles. The Balaban J connectivity index is 2.30. The molecule has 26 heavy (non-hydrogen) atoms. The molecule has 1 amide bonds. The van der Waals surface area contributed by atoms with Gasteiger partial charge in [-0.15, -0.1) is 0 Å². The lowest BCUT2D eigenvalue weighted by Crippen LogP contribution is -2.48. The minimum Gasteiger partial charge on any atom is -0.492 e. The molecule has 2 rings (SSSR count). The molecule has 7 nitrogen and oxygen atoms in total. The predicted octanol–water partition coefficient (Wildman–Crippen LogP) is 1.55. The third-order valence-corrected chi connectivity index (χ3v) is 5.96. The normalized spacial score (nSPS) is 16.1. The standard InChI is InChI=1S/C18H29N3O4S/c1-5-20-9-11-21(12-10-20)18(22)15-7-8-16(25-6-2)17(13-15)26(23,24)19-14(3)4/h7-8,13-14,19H,5-6,9-12H2,1-4H3. The number of amides is 1. The molecule has 0 saturated carbocycles. The third-order valence-electron chi connectivity index (χ3n) is 4.28. The van der Waals surface area contributed by atoms with E-state index in [4.69, 9.17) is 4.74 Å². The number of likely N-dealkylation sites (N-methyl/N-ethyl adjacent to an activating group) is 1. The molecule has 0 radical (unpaired) electrons. The summed E-state index contributed by atoms with van der Waals surface area (Å²) in [6, 6.07) is 4.36. The number of carbonyl (C=O) groups excluding carboxylic acids is 1. The van der Waals surface area contributed by atoms with Gasteiger partial charge in [-0.05, 0) is 45.5 Å². The van der Waals surface area contributed by atoms with E-state index in [-0.39, 0.29) is 22.6 Å². The Labute approximate surface area is 156 Å². The van der Waals surface area contributed by atoms with Gasteiger partial charge in [-0.1, -0.05) is 6.92 Å². The minimum atomic E-state index is -3.77. The Bertz CT molecular complexity index is 726. The maximum absolute atomic E-state index is 12.8. The van der Waals surface area contributed by atoms with Crippen molar-refractivity contribution in [2.75, 3.05) is 39.3 Å². The van der Waals surface area contributed by atoms with Crippen molar-refractivity contribution in [1.82, 2.24) is 14.5 Å². The summed E-state index contributed by atoms with van der Waals surface area (Å²) >= 11 is 0. The summed E-state index contributed by atoms with van der Waals surface area (Å²) in [5.74, 6) is 0.109. The highest BCUT2D eigenvalue weighted by Gasteiger charge is 2.26. The van der Waals surface area contributed by atoms with E-state index in [1.165, 1.54) is 6.07 Å². The number of nitrogens with one attached hydrogen (secondary N) is 1. The van der Waals surface area contributed by atoms with Crippen LogP contribution in [-0.2, 0) is 10.0 Å². The number of ether oxygens (including phenoxy) is 1. The average molecular weight is 384 g/mol. The highest BCUT2D eigenvalue weighted by molar-refractivity contribution is 7.89. The molecule has 0 unspecified atom stereocenters. The van der Waals surface area contributed by atoms with Crippen molar-refractivity contribution in [3.63, 3.8) is 0 Å². The monoisotopic (exact) mass is 383 g/mol. The second kappa shape index (κ2) is 8.83. The smallest absolute Gasteiger partial charge is 0.253 e. The molecular weight excluding hydrogens is 354 g/mol. The van der Waals surface area contributed by atoms with E-state index in [9.17, 15) is 13.2 Å². The van der Waals surface area contributed by atoms with Crippen molar-refractivity contribution in [2.45, 2.75) is 38.6 Å². The first kappa shape index (κ1) is 20.7. The Morgan fingerprint density at radius 1 is 1.19 bits per heavy atom. The fraction of sp³-hybridized carbons (Fsp3) is 0.611. The van der Waals surface area contributed by atoms with E-state index < -0.39 is 10.0 Å². The molecular formula is C18H29N3O4S. The maximum atomic E-state index is 12.8. The highest BCUT2D eigenvalue weighted by atomic mass is 32.2. The van der Waals surface area contributed by atoms with Gasteiger partial charge in [0, 0.05) is 37.8 Å². The molecule has 1 aliphatic heterocycles. The van der Waals surface area contributed by atoms with E-state index in [0.717, 1.165) is 19.6 Å². The van der Waals surface area contributed by atoms with Crippen molar-refractivity contribution in [2.24, 2.45) is 0 Å². The van der Waals surface area contributed by atoms with Crippen LogP contribution >= 0.6 is 0 Å². The SMILES string of the molecule is CCOc1ccc(C(=O)N2CCN(CC)CC2)cc1S(=O)(=O)NC(C)C. The number of hydrogen-bond donors (Lipinski definition) is 1. The van der Waals surface area contributed by atoms with Crippen LogP contribution in [0.25, 0.3) is 0 Å². The largest absolute Gasteiger partial charge is 0.492 e. The molecule has 1 N–H and O–H groups in total. The van der Waals surface area contributed by atoms with Gasteiger partial charge < -0.3 is 14.5 Å². The van der Waals surface area contributed by atoms with Gasteiger partial charge in [0.1, 0.15) is 10.6 Å². The van der Waals surface area contributed by atoms with Crippen molar-refractivity contribution >= 4 is 15.9 Å². The first-order valence-electron chi connectivity index (χ1n) is 9.09. The van der Waals surface area contributed by atoms with Gasteiger partial charge in [-0.2, -0.15) is 0 Å². The summed E-state index contributed by atoms with van der Waals surface area (Å²) in [7, 11) is -3.77.